The molecule has 0 rings (SSSR count). The van der Waals surface area contributed by atoms with Crippen molar-refractivity contribution in [2.24, 2.45) is 0 Å². The van der Waals surface area contributed by atoms with Gasteiger partial charge in [-0.1, -0.05) is 0 Å². The molecule has 0 aromatic rings. The van der Waals surface area contributed by atoms with Crippen molar-refractivity contribution in [2.45, 2.75) is 6.42 Å². The van der Waals surface area contributed by atoms with E-state index in [-0.39, 0.29) is 6.61 Å². The summed E-state index contributed by atoms with van der Waals surface area (Å²) in [6.45, 7) is 3.41. The lowest BCUT2D eigenvalue weighted by atomic mass is 10.4. The molecule has 0 spiro atoms. The third kappa shape index (κ3) is 10.2. The normalized spacial score (nSPS) is 10.5. The van der Waals surface area contributed by atoms with Gasteiger partial charge in [0.25, 0.3) is 0 Å². The molecule has 0 aliphatic rings. The van der Waals surface area contributed by atoms with Crippen LogP contribution in [0.2, 0.25) is 0 Å². The van der Waals surface area contributed by atoms with Gasteiger partial charge in [-0.05, 0) is 19.2 Å². The zero-order valence-electron chi connectivity index (χ0n) is 7.71. The molecule has 74 valence electrons. The van der Waals surface area contributed by atoms with Gasteiger partial charge in [0.15, 0.2) is 0 Å². The number of aliphatic hydroxyl groups is 1. The van der Waals surface area contributed by atoms with E-state index in [4.69, 9.17) is 9.84 Å². The van der Waals surface area contributed by atoms with Crippen LogP contribution in [0.3, 0.4) is 0 Å². The van der Waals surface area contributed by atoms with Gasteiger partial charge >= 0.3 is 0 Å². The molecule has 0 fully saturated rings. The summed E-state index contributed by atoms with van der Waals surface area (Å²) in [5.41, 5.74) is 0. The summed E-state index contributed by atoms with van der Waals surface area (Å²) in [6.07, 6.45) is 3.13. The third-order valence-electron chi connectivity index (χ3n) is 1.36. The maximum Gasteiger partial charge on any atom is 0.0697 e. The molecule has 0 amide bonds. The summed E-state index contributed by atoms with van der Waals surface area (Å²) in [6, 6.07) is 0. The maximum absolute atomic E-state index is 8.40. The van der Waals surface area contributed by atoms with Crippen LogP contribution >= 0.6 is 11.8 Å². The Kier molecular flexibility index (Phi) is 11.4. The highest BCUT2D eigenvalue weighted by molar-refractivity contribution is 7.98. The summed E-state index contributed by atoms with van der Waals surface area (Å²) < 4.78 is 5.09. The fourth-order valence-electron chi connectivity index (χ4n) is 0.765. The van der Waals surface area contributed by atoms with Crippen LogP contribution in [0.4, 0.5) is 0 Å². The Bertz CT molecular complexity index is 73.5. The van der Waals surface area contributed by atoms with Crippen molar-refractivity contribution in [2.75, 3.05) is 44.9 Å². The summed E-state index contributed by atoms with van der Waals surface area (Å²) >= 11 is 1.85. The average Bonchev–Trinajstić information content (AvgIpc) is 2.10. The topological polar surface area (TPSA) is 41.5 Å². The van der Waals surface area contributed by atoms with Gasteiger partial charge in [0, 0.05) is 18.9 Å². The van der Waals surface area contributed by atoms with E-state index in [1.165, 1.54) is 0 Å². The van der Waals surface area contributed by atoms with Crippen molar-refractivity contribution >= 4 is 11.8 Å². The fraction of sp³-hybridized carbons (Fsp3) is 1.00. The van der Waals surface area contributed by atoms with Crippen LogP contribution in [0.1, 0.15) is 6.42 Å². The van der Waals surface area contributed by atoms with Crippen molar-refractivity contribution in [1.82, 2.24) is 5.32 Å². The van der Waals surface area contributed by atoms with E-state index in [9.17, 15) is 0 Å². The molecule has 0 bridgehead atoms. The smallest absolute Gasteiger partial charge is 0.0697 e. The summed E-state index contributed by atoms with van der Waals surface area (Å²) in [5, 5.41) is 11.7. The standard InChI is InChI=1S/C8H19NO2S/c1-12-8-4-9-3-2-6-11-7-5-10/h9-10H,2-8H2,1H3. The molecule has 2 N–H and O–H groups in total. The molecule has 3 nitrogen and oxygen atoms in total. The predicted octanol–water partition coefficient (Wildman–Crippen LogP) is 0.338. The molecule has 12 heavy (non-hydrogen) atoms. The van der Waals surface area contributed by atoms with Crippen LogP contribution in [0, 0.1) is 0 Å². The Morgan fingerprint density at radius 2 is 2.17 bits per heavy atom. The number of rotatable bonds is 9. The summed E-state index contributed by atoms with van der Waals surface area (Å²) in [7, 11) is 0. The molecule has 0 aromatic heterocycles. The van der Waals surface area contributed by atoms with Crippen LogP contribution in [-0.2, 0) is 4.74 Å². The highest BCUT2D eigenvalue weighted by atomic mass is 32.2. The van der Waals surface area contributed by atoms with Crippen molar-refractivity contribution < 1.29 is 9.84 Å². The van der Waals surface area contributed by atoms with Gasteiger partial charge in [0.2, 0.25) is 0 Å². The average molecular weight is 193 g/mol. The van der Waals surface area contributed by atoms with Gasteiger partial charge in [0.1, 0.15) is 0 Å². The molecule has 0 unspecified atom stereocenters. The van der Waals surface area contributed by atoms with E-state index >= 15 is 0 Å². The largest absolute Gasteiger partial charge is 0.394 e. The lowest BCUT2D eigenvalue weighted by Crippen LogP contribution is -2.19. The Labute approximate surface area is 78.9 Å². The first kappa shape index (κ1) is 12.2. The first-order valence-electron chi connectivity index (χ1n) is 4.30. The monoisotopic (exact) mass is 193 g/mol. The predicted molar refractivity (Wildman–Crippen MR) is 53.8 cm³/mol. The van der Waals surface area contributed by atoms with Gasteiger partial charge < -0.3 is 15.2 Å². The van der Waals surface area contributed by atoms with E-state index in [2.05, 4.69) is 11.6 Å². The molecule has 0 saturated carbocycles. The summed E-state index contributed by atoms with van der Waals surface area (Å²) in [5.74, 6) is 1.16. The second-order valence-electron chi connectivity index (χ2n) is 2.43. The Morgan fingerprint density at radius 3 is 2.83 bits per heavy atom. The van der Waals surface area contributed by atoms with Crippen molar-refractivity contribution in [3.8, 4) is 0 Å². The van der Waals surface area contributed by atoms with Crippen molar-refractivity contribution in [3.63, 3.8) is 0 Å². The second-order valence-corrected chi connectivity index (χ2v) is 3.42. The molecule has 0 radical (unpaired) electrons. The van der Waals surface area contributed by atoms with Crippen LogP contribution in [0.5, 0.6) is 0 Å². The summed E-state index contributed by atoms with van der Waals surface area (Å²) in [4.78, 5) is 0. The minimum atomic E-state index is 0.125. The Hall–Kier alpha value is 0.230. The van der Waals surface area contributed by atoms with E-state index in [1.54, 1.807) is 0 Å². The van der Waals surface area contributed by atoms with Crippen LogP contribution in [-0.4, -0.2) is 50.0 Å². The molecular formula is C8H19NO2S. The second kappa shape index (κ2) is 11.2. The number of thioether (sulfide) groups is 1. The van der Waals surface area contributed by atoms with Crippen LogP contribution in [0.25, 0.3) is 0 Å². The maximum atomic E-state index is 8.40. The first-order chi connectivity index (χ1) is 5.91. The zero-order valence-corrected chi connectivity index (χ0v) is 8.53. The molecular weight excluding hydrogens is 174 g/mol. The molecule has 0 saturated heterocycles. The highest BCUT2D eigenvalue weighted by Crippen LogP contribution is 1.87. The van der Waals surface area contributed by atoms with Gasteiger partial charge in [0.05, 0.1) is 13.2 Å². The zero-order chi connectivity index (χ0) is 9.07. The van der Waals surface area contributed by atoms with Gasteiger partial charge in [-0.25, -0.2) is 0 Å². The minimum Gasteiger partial charge on any atom is -0.394 e. The number of hydrogen-bond acceptors (Lipinski definition) is 4. The van der Waals surface area contributed by atoms with E-state index < -0.39 is 0 Å². The quantitative estimate of drug-likeness (QED) is 0.518. The Balaban J connectivity index is 2.73. The third-order valence-corrected chi connectivity index (χ3v) is 1.97. The Morgan fingerprint density at radius 1 is 1.33 bits per heavy atom. The molecule has 0 atom stereocenters. The minimum absolute atomic E-state index is 0.125. The number of ether oxygens (including phenoxy) is 1. The van der Waals surface area contributed by atoms with Gasteiger partial charge in [-0.15, -0.1) is 0 Å². The number of aliphatic hydroxyl groups excluding tert-OH is 1. The molecule has 0 aliphatic carbocycles. The van der Waals surface area contributed by atoms with E-state index in [1.807, 2.05) is 11.8 Å². The molecule has 0 aromatic carbocycles. The SMILES string of the molecule is CSCCNCCCOCCO. The molecule has 0 heterocycles. The van der Waals surface area contributed by atoms with Crippen molar-refractivity contribution in [3.05, 3.63) is 0 Å². The van der Waals surface area contributed by atoms with Gasteiger partial charge in [-0.2, -0.15) is 11.8 Å². The highest BCUT2D eigenvalue weighted by Gasteiger charge is 1.88. The molecule has 4 heteroatoms. The fourth-order valence-corrected chi connectivity index (χ4v) is 1.11. The molecule has 0 aliphatic heterocycles. The number of nitrogens with one attached hydrogen (secondary N) is 1. The lowest BCUT2D eigenvalue weighted by molar-refractivity contribution is 0.0908. The lowest BCUT2D eigenvalue weighted by Gasteiger charge is -2.03. The van der Waals surface area contributed by atoms with E-state index in [0.717, 1.165) is 31.9 Å². The number of hydrogen-bond donors (Lipinski definition) is 2. The van der Waals surface area contributed by atoms with E-state index in [0.29, 0.717) is 6.61 Å². The van der Waals surface area contributed by atoms with Crippen molar-refractivity contribution in [1.29, 1.82) is 0 Å². The van der Waals surface area contributed by atoms with Crippen LogP contribution < -0.4 is 5.32 Å². The first-order valence-corrected chi connectivity index (χ1v) is 5.69. The van der Waals surface area contributed by atoms with Crippen LogP contribution in [0.15, 0.2) is 0 Å². The van der Waals surface area contributed by atoms with Gasteiger partial charge in [-0.3, -0.25) is 0 Å².